The fraction of sp³-hybridized carbons (Fsp3) is 0.727. The summed E-state index contributed by atoms with van der Waals surface area (Å²) in [4.78, 5) is 12.3. The standard InChI is InChI=1S/C11H17NO3/c1-15-8-9-6-11(7-9)2-4-12(5-3-11)10(13)14/h8H,2-7H2,1H3,(H,13,14). The van der Waals surface area contributed by atoms with E-state index < -0.39 is 6.09 Å². The number of allylic oxidation sites excluding steroid dienone is 1. The first kappa shape index (κ1) is 10.3. The minimum Gasteiger partial charge on any atom is -0.504 e. The van der Waals surface area contributed by atoms with Crippen molar-refractivity contribution in [3.05, 3.63) is 11.8 Å². The molecule has 4 heteroatoms. The Morgan fingerprint density at radius 1 is 1.47 bits per heavy atom. The molecular weight excluding hydrogens is 194 g/mol. The smallest absolute Gasteiger partial charge is 0.407 e. The first-order valence-corrected chi connectivity index (χ1v) is 5.34. The number of nitrogens with zero attached hydrogens (tertiary/aromatic N) is 1. The Hall–Kier alpha value is -1.19. The first-order valence-electron chi connectivity index (χ1n) is 5.34. The molecule has 1 saturated carbocycles. The molecule has 0 unspecified atom stereocenters. The van der Waals surface area contributed by atoms with Crippen molar-refractivity contribution < 1.29 is 14.6 Å². The Labute approximate surface area is 89.5 Å². The van der Waals surface area contributed by atoms with Gasteiger partial charge < -0.3 is 14.7 Å². The van der Waals surface area contributed by atoms with Crippen LogP contribution in [0.3, 0.4) is 0 Å². The van der Waals surface area contributed by atoms with Crippen molar-refractivity contribution in [1.29, 1.82) is 0 Å². The van der Waals surface area contributed by atoms with Crippen molar-refractivity contribution in [3.8, 4) is 0 Å². The van der Waals surface area contributed by atoms with Crippen molar-refractivity contribution in [2.24, 2.45) is 5.41 Å². The lowest BCUT2D eigenvalue weighted by Gasteiger charge is -2.48. The van der Waals surface area contributed by atoms with Crippen LogP contribution in [0, 0.1) is 5.41 Å². The van der Waals surface area contributed by atoms with Crippen LogP contribution in [0.15, 0.2) is 11.8 Å². The van der Waals surface area contributed by atoms with Crippen LogP contribution < -0.4 is 0 Å². The second kappa shape index (κ2) is 3.76. The largest absolute Gasteiger partial charge is 0.504 e. The Morgan fingerprint density at radius 3 is 2.53 bits per heavy atom. The van der Waals surface area contributed by atoms with E-state index in [4.69, 9.17) is 9.84 Å². The van der Waals surface area contributed by atoms with Crippen LogP contribution in [0.2, 0.25) is 0 Å². The van der Waals surface area contributed by atoms with Gasteiger partial charge in [-0.15, -0.1) is 0 Å². The molecule has 2 aliphatic rings. The molecule has 84 valence electrons. The molecule has 1 saturated heterocycles. The maximum absolute atomic E-state index is 10.7. The predicted octanol–water partition coefficient (Wildman–Crippen LogP) is 2.07. The second-order valence-electron chi connectivity index (χ2n) is 4.63. The molecule has 2 fully saturated rings. The van der Waals surface area contributed by atoms with Crippen LogP contribution in [-0.4, -0.2) is 36.3 Å². The summed E-state index contributed by atoms with van der Waals surface area (Å²) in [7, 11) is 1.67. The molecule has 0 aromatic rings. The third kappa shape index (κ3) is 1.94. The van der Waals surface area contributed by atoms with Gasteiger partial charge in [-0.05, 0) is 36.7 Å². The van der Waals surface area contributed by atoms with Gasteiger partial charge in [0.15, 0.2) is 0 Å². The highest BCUT2D eigenvalue weighted by Crippen LogP contribution is 2.52. The number of carboxylic acid groups (broad SMARTS) is 1. The molecule has 0 aromatic heterocycles. The number of likely N-dealkylation sites (tertiary alicyclic amines) is 1. The lowest BCUT2D eigenvalue weighted by Crippen LogP contribution is -2.46. The topological polar surface area (TPSA) is 49.8 Å². The number of hydrogen-bond donors (Lipinski definition) is 1. The van der Waals surface area contributed by atoms with E-state index in [0.717, 1.165) is 25.7 Å². The zero-order chi connectivity index (χ0) is 10.9. The molecule has 0 radical (unpaired) electrons. The summed E-state index contributed by atoms with van der Waals surface area (Å²) in [5.41, 5.74) is 1.75. The number of ether oxygens (including phenoxy) is 1. The fourth-order valence-corrected chi connectivity index (χ4v) is 2.69. The summed E-state index contributed by atoms with van der Waals surface area (Å²) in [5, 5.41) is 8.83. The van der Waals surface area contributed by atoms with Gasteiger partial charge in [-0.2, -0.15) is 0 Å². The SMILES string of the molecule is COC=C1CC2(CCN(C(=O)O)CC2)C1. The van der Waals surface area contributed by atoms with Crippen molar-refractivity contribution in [2.45, 2.75) is 25.7 Å². The molecule has 1 heterocycles. The van der Waals surface area contributed by atoms with Gasteiger partial charge in [-0.1, -0.05) is 0 Å². The first-order chi connectivity index (χ1) is 7.15. The highest BCUT2D eigenvalue weighted by molar-refractivity contribution is 5.65. The highest BCUT2D eigenvalue weighted by atomic mass is 16.5. The van der Waals surface area contributed by atoms with Crippen LogP contribution in [0.4, 0.5) is 4.79 Å². The number of piperidine rings is 1. The molecule has 0 bridgehead atoms. The monoisotopic (exact) mass is 211 g/mol. The number of hydrogen-bond acceptors (Lipinski definition) is 2. The molecule has 0 atom stereocenters. The summed E-state index contributed by atoms with van der Waals surface area (Å²) in [5.74, 6) is 0. The Balaban J connectivity index is 1.85. The molecule has 15 heavy (non-hydrogen) atoms. The lowest BCUT2D eigenvalue weighted by molar-refractivity contribution is 0.0634. The molecule has 1 aliphatic carbocycles. The van der Waals surface area contributed by atoms with Gasteiger partial charge >= 0.3 is 6.09 Å². The number of rotatable bonds is 1. The van der Waals surface area contributed by atoms with Crippen molar-refractivity contribution >= 4 is 6.09 Å². The quantitative estimate of drug-likeness (QED) is 0.675. The van der Waals surface area contributed by atoms with E-state index in [0.29, 0.717) is 18.5 Å². The van der Waals surface area contributed by atoms with Gasteiger partial charge in [0, 0.05) is 13.1 Å². The summed E-state index contributed by atoms with van der Waals surface area (Å²) in [6.45, 7) is 1.38. The third-order valence-corrected chi connectivity index (χ3v) is 3.58. The van der Waals surface area contributed by atoms with Crippen molar-refractivity contribution in [3.63, 3.8) is 0 Å². The average Bonchev–Trinajstić information content (AvgIpc) is 2.16. The Kier molecular flexibility index (Phi) is 2.59. The average molecular weight is 211 g/mol. The van der Waals surface area contributed by atoms with E-state index >= 15 is 0 Å². The molecule has 1 amide bonds. The fourth-order valence-electron chi connectivity index (χ4n) is 2.69. The number of amides is 1. The summed E-state index contributed by atoms with van der Waals surface area (Å²) in [6, 6.07) is 0. The van der Waals surface area contributed by atoms with Gasteiger partial charge in [0.2, 0.25) is 0 Å². The Morgan fingerprint density at radius 2 is 2.07 bits per heavy atom. The lowest BCUT2D eigenvalue weighted by atomic mass is 9.61. The zero-order valence-electron chi connectivity index (χ0n) is 9.03. The highest BCUT2D eigenvalue weighted by Gasteiger charge is 2.43. The molecule has 0 aromatic carbocycles. The number of methoxy groups -OCH3 is 1. The molecule has 1 N–H and O–H groups in total. The molecule has 2 rings (SSSR count). The van der Waals surface area contributed by atoms with Crippen LogP contribution in [0.1, 0.15) is 25.7 Å². The minimum atomic E-state index is -0.781. The van der Waals surface area contributed by atoms with Gasteiger partial charge in [0.25, 0.3) is 0 Å². The van der Waals surface area contributed by atoms with Crippen LogP contribution in [-0.2, 0) is 4.74 Å². The van der Waals surface area contributed by atoms with Crippen molar-refractivity contribution in [1.82, 2.24) is 4.90 Å². The zero-order valence-corrected chi connectivity index (χ0v) is 9.03. The number of carbonyl (C=O) groups is 1. The van der Waals surface area contributed by atoms with Gasteiger partial charge in [0.1, 0.15) is 0 Å². The van der Waals surface area contributed by atoms with Gasteiger partial charge in [-0.3, -0.25) is 0 Å². The molecule has 1 aliphatic heterocycles. The maximum atomic E-state index is 10.7. The minimum absolute atomic E-state index is 0.385. The second-order valence-corrected chi connectivity index (χ2v) is 4.63. The molecular formula is C11H17NO3. The normalized spacial score (nSPS) is 23.5. The maximum Gasteiger partial charge on any atom is 0.407 e. The van der Waals surface area contributed by atoms with E-state index in [1.54, 1.807) is 7.11 Å². The summed E-state index contributed by atoms with van der Waals surface area (Å²) >= 11 is 0. The summed E-state index contributed by atoms with van der Waals surface area (Å²) in [6.07, 6.45) is 5.23. The van der Waals surface area contributed by atoms with E-state index in [1.807, 2.05) is 6.26 Å². The van der Waals surface area contributed by atoms with Crippen LogP contribution in [0.5, 0.6) is 0 Å². The van der Waals surface area contributed by atoms with Gasteiger partial charge in [-0.25, -0.2) is 4.79 Å². The summed E-state index contributed by atoms with van der Waals surface area (Å²) < 4.78 is 4.97. The van der Waals surface area contributed by atoms with Crippen LogP contribution in [0.25, 0.3) is 0 Å². The predicted molar refractivity (Wildman–Crippen MR) is 55.6 cm³/mol. The van der Waals surface area contributed by atoms with E-state index in [9.17, 15) is 4.79 Å². The van der Waals surface area contributed by atoms with Gasteiger partial charge in [0.05, 0.1) is 13.4 Å². The van der Waals surface area contributed by atoms with E-state index in [-0.39, 0.29) is 0 Å². The van der Waals surface area contributed by atoms with E-state index in [1.165, 1.54) is 10.5 Å². The Bertz CT molecular complexity index is 280. The third-order valence-electron chi connectivity index (χ3n) is 3.58. The van der Waals surface area contributed by atoms with E-state index in [2.05, 4.69) is 0 Å². The van der Waals surface area contributed by atoms with Crippen molar-refractivity contribution in [2.75, 3.05) is 20.2 Å². The molecule has 1 spiro atoms. The van der Waals surface area contributed by atoms with Crippen LogP contribution >= 0.6 is 0 Å². The molecule has 4 nitrogen and oxygen atoms in total.